The van der Waals surface area contributed by atoms with Gasteiger partial charge in [0.05, 0.1) is 5.39 Å². The lowest BCUT2D eigenvalue weighted by atomic mass is 10.0. The predicted octanol–water partition coefficient (Wildman–Crippen LogP) is 3.18. The summed E-state index contributed by atoms with van der Waals surface area (Å²) >= 11 is 0. The number of fused-ring (bicyclic) bond motifs is 1. The van der Waals surface area contributed by atoms with Gasteiger partial charge in [0.25, 0.3) is 5.91 Å². The van der Waals surface area contributed by atoms with E-state index in [9.17, 15) is 14.7 Å². The van der Waals surface area contributed by atoms with Crippen molar-refractivity contribution in [2.45, 2.75) is 51.2 Å². The summed E-state index contributed by atoms with van der Waals surface area (Å²) in [5.41, 5.74) is 0.737. The van der Waals surface area contributed by atoms with Gasteiger partial charge in [-0.25, -0.2) is 4.98 Å². The fraction of sp³-hybridized carbons (Fsp3) is 0.320. The minimum absolute atomic E-state index is 0.0611. The van der Waals surface area contributed by atoms with E-state index in [1.807, 2.05) is 38.1 Å². The largest absolute Gasteiger partial charge is 0.378 e. The number of hydrogen-bond acceptors (Lipinski definition) is 4. The molecule has 1 aliphatic carbocycles. The molecule has 2 N–H and O–H groups in total. The van der Waals surface area contributed by atoms with E-state index >= 15 is 0 Å². The molecule has 6 heteroatoms. The van der Waals surface area contributed by atoms with Crippen molar-refractivity contribution in [1.29, 1.82) is 0 Å². The van der Waals surface area contributed by atoms with Gasteiger partial charge in [0.2, 0.25) is 5.43 Å². The third kappa shape index (κ3) is 4.37. The van der Waals surface area contributed by atoms with E-state index in [2.05, 4.69) is 22.1 Å². The maximum absolute atomic E-state index is 12.9. The molecule has 1 amide bonds. The lowest BCUT2D eigenvalue weighted by Crippen LogP contribution is -2.34. The van der Waals surface area contributed by atoms with Crippen molar-refractivity contribution in [1.82, 2.24) is 14.9 Å². The number of aliphatic hydroxyl groups is 1. The molecule has 2 heterocycles. The smallest absolute Gasteiger partial charge is 0.256 e. The van der Waals surface area contributed by atoms with Gasteiger partial charge in [-0.05, 0) is 69.9 Å². The van der Waals surface area contributed by atoms with Crippen molar-refractivity contribution in [3.05, 3.63) is 70.1 Å². The molecule has 3 aromatic rings. The third-order valence-electron chi connectivity index (χ3n) is 5.42. The summed E-state index contributed by atoms with van der Waals surface area (Å²) in [5.74, 6) is 5.68. The molecule has 0 spiro atoms. The van der Waals surface area contributed by atoms with E-state index < -0.39 is 11.5 Å². The molecule has 0 bridgehead atoms. The van der Waals surface area contributed by atoms with Crippen LogP contribution in [0.2, 0.25) is 0 Å². The number of carbonyl (C=O) groups is 1. The van der Waals surface area contributed by atoms with Gasteiger partial charge >= 0.3 is 0 Å². The van der Waals surface area contributed by atoms with Crippen LogP contribution < -0.4 is 10.7 Å². The number of carbonyl (C=O) groups excluding carboxylic acids is 1. The first-order chi connectivity index (χ1) is 14.9. The summed E-state index contributed by atoms with van der Waals surface area (Å²) in [6.07, 6.45) is 6.52. The number of hydrogen-bond donors (Lipinski definition) is 2. The first-order valence-corrected chi connectivity index (χ1v) is 10.5. The van der Waals surface area contributed by atoms with Crippen molar-refractivity contribution in [2.75, 3.05) is 0 Å². The molecule has 0 aliphatic heterocycles. The van der Waals surface area contributed by atoms with E-state index in [0.29, 0.717) is 23.9 Å². The van der Waals surface area contributed by atoms with Crippen LogP contribution in [0.5, 0.6) is 0 Å². The molecule has 0 atom stereocenters. The highest BCUT2D eigenvalue weighted by Crippen LogP contribution is 2.28. The Morgan fingerprint density at radius 3 is 2.74 bits per heavy atom. The zero-order valence-corrected chi connectivity index (χ0v) is 17.7. The molecule has 2 aromatic heterocycles. The number of rotatable bonds is 3. The van der Waals surface area contributed by atoms with E-state index in [1.165, 1.54) is 6.20 Å². The van der Waals surface area contributed by atoms with Crippen LogP contribution in [-0.2, 0) is 0 Å². The average molecular weight is 415 g/mol. The molecular weight excluding hydrogens is 390 g/mol. The lowest BCUT2D eigenvalue weighted by Gasteiger charge is -2.14. The average Bonchev–Trinajstić information content (AvgIpc) is 3.19. The molecule has 4 rings (SSSR count). The number of nitrogens with one attached hydrogen (secondary N) is 1. The summed E-state index contributed by atoms with van der Waals surface area (Å²) in [6.45, 7) is 3.69. The maximum Gasteiger partial charge on any atom is 0.256 e. The van der Waals surface area contributed by atoms with Crippen LogP contribution in [-0.4, -0.2) is 32.2 Å². The summed E-state index contributed by atoms with van der Waals surface area (Å²) in [7, 11) is 0. The molecule has 1 aromatic carbocycles. The Morgan fingerprint density at radius 2 is 2.00 bits per heavy atom. The van der Waals surface area contributed by atoms with Gasteiger partial charge in [-0.1, -0.05) is 17.9 Å². The number of pyridine rings is 2. The van der Waals surface area contributed by atoms with Gasteiger partial charge in [0.1, 0.15) is 16.8 Å². The molecule has 0 unspecified atom stereocenters. The molecule has 158 valence electrons. The number of amides is 1. The Morgan fingerprint density at radius 1 is 1.23 bits per heavy atom. The fourth-order valence-corrected chi connectivity index (χ4v) is 3.87. The Labute approximate surface area is 180 Å². The molecule has 1 fully saturated rings. The standard InChI is InChI=1S/C25H25N3O3/c1-17(2)27-24(30)21-16-28(23-20(22(21)29)9-6-14-26-23)19-8-5-7-18(15-19)10-13-25(31)11-3-4-12-25/h5-9,14-17,31H,3-4,11-12H2,1-2H3,(H,27,30). The van der Waals surface area contributed by atoms with E-state index in [-0.39, 0.29) is 17.0 Å². The van der Waals surface area contributed by atoms with Crippen LogP contribution in [0.3, 0.4) is 0 Å². The van der Waals surface area contributed by atoms with Crippen LogP contribution in [0.1, 0.15) is 55.5 Å². The Balaban J connectivity index is 1.83. The van der Waals surface area contributed by atoms with Gasteiger partial charge in [-0.3, -0.25) is 9.59 Å². The van der Waals surface area contributed by atoms with Gasteiger partial charge < -0.3 is 15.0 Å². The topological polar surface area (TPSA) is 84.2 Å². The minimum Gasteiger partial charge on any atom is -0.378 e. The second kappa shape index (κ2) is 8.37. The van der Waals surface area contributed by atoms with Crippen molar-refractivity contribution in [3.8, 4) is 17.5 Å². The molecule has 6 nitrogen and oxygen atoms in total. The summed E-state index contributed by atoms with van der Waals surface area (Å²) in [6, 6.07) is 10.7. The zero-order valence-electron chi connectivity index (χ0n) is 17.7. The number of nitrogens with zero attached hydrogens (tertiary/aromatic N) is 2. The Hall–Kier alpha value is -3.43. The first kappa shape index (κ1) is 20.8. The van der Waals surface area contributed by atoms with E-state index in [4.69, 9.17) is 0 Å². The van der Waals surface area contributed by atoms with Crippen LogP contribution in [0.15, 0.2) is 53.6 Å². The highest BCUT2D eigenvalue weighted by molar-refractivity contribution is 5.97. The molecule has 1 aliphatic rings. The van der Waals surface area contributed by atoms with Crippen molar-refractivity contribution >= 4 is 16.9 Å². The van der Waals surface area contributed by atoms with Crippen LogP contribution >= 0.6 is 0 Å². The highest BCUT2D eigenvalue weighted by atomic mass is 16.3. The second-order valence-electron chi connectivity index (χ2n) is 8.28. The molecule has 31 heavy (non-hydrogen) atoms. The van der Waals surface area contributed by atoms with Crippen molar-refractivity contribution in [3.63, 3.8) is 0 Å². The van der Waals surface area contributed by atoms with Crippen LogP contribution in [0, 0.1) is 11.8 Å². The molecule has 1 saturated carbocycles. The maximum atomic E-state index is 12.9. The Kier molecular flexibility index (Phi) is 5.62. The SMILES string of the molecule is CC(C)NC(=O)c1cn(-c2cccc(C#CC3(O)CCCC3)c2)c2ncccc2c1=O. The van der Waals surface area contributed by atoms with Gasteiger partial charge in [0.15, 0.2) is 0 Å². The summed E-state index contributed by atoms with van der Waals surface area (Å²) < 4.78 is 1.74. The van der Waals surface area contributed by atoms with Crippen molar-refractivity contribution in [2.24, 2.45) is 0 Å². The normalized spacial score (nSPS) is 15.0. The first-order valence-electron chi connectivity index (χ1n) is 10.5. The summed E-state index contributed by atoms with van der Waals surface area (Å²) in [4.78, 5) is 30.0. The number of aromatic nitrogens is 2. The quantitative estimate of drug-likeness (QED) is 0.644. The Bertz CT molecular complexity index is 1260. The van der Waals surface area contributed by atoms with Gasteiger partial charge in [-0.15, -0.1) is 0 Å². The summed E-state index contributed by atoms with van der Waals surface area (Å²) in [5, 5.41) is 13.7. The predicted molar refractivity (Wildman–Crippen MR) is 120 cm³/mol. The van der Waals surface area contributed by atoms with Crippen LogP contribution in [0.4, 0.5) is 0 Å². The van der Waals surface area contributed by atoms with Gasteiger partial charge in [0, 0.05) is 29.7 Å². The third-order valence-corrected chi connectivity index (χ3v) is 5.42. The second-order valence-corrected chi connectivity index (χ2v) is 8.28. The fourth-order valence-electron chi connectivity index (χ4n) is 3.87. The van der Waals surface area contributed by atoms with Gasteiger partial charge in [-0.2, -0.15) is 0 Å². The molecule has 0 radical (unpaired) electrons. The van der Waals surface area contributed by atoms with E-state index in [1.54, 1.807) is 22.9 Å². The molecular formula is C25H25N3O3. The van der Waals surface area contributed by atoms with E-state index in [0.717, 1.165) is 24.1 Å². The van der Waals surface area contributed by atoms with Crippen LogP contribution in [0.25, 0.3) is 16.7 Å². The number of benzene rings is 1. The van der Waals surface area contributed by atoms with Crippen molar-refractivity contribution < 1.29 is 9.90 Å². The minimum atomic E-state index is -0.913. The zero-order chi connectivity index (χ0) is 22.0. The monoisotopic (exact) mass is 415 g/mol. The molecule has 0 saturated heterocycles. The highest BCUT2D eigenvalue weighted by Gasteiger charge is 2.28. The lowest BCUT2D eigenvalue weighted by molar-refractivity contribution is 0.0941.